The van der Waals surface area contributed by atoms with Crippen LogP contribution in [0, 0.1) is 10.1 Å². The number of carbonyl (C=O) groups is 1. The number of carbonyl (C=O) groups excluding carboxylic acids is 1. The predicted molar refractivity (Wildman–Crippen MR) is 114 cm³/mol. The summed E-state index contributed by atoms with van der Waals surface area (Å²) in [6.07, 6.45) is 2.80. The lowest BCUT2D eigenvalue weighted by Gasteiger charge is -2.12. The Morgan fingerprint density at radius 2 is 1.80 bits per heavy atom. The van der Waals surface area contributed by atoms with Crippen molar-refractivity contribution in [3.8, 4) is 5.75 Å². The molecule has 0 bridgehead atoms. The minimum atomic E-state index is -0.485. The first-order valence-corrected chi connectivity index (χ1v) is 9.02. The molecule has 0 fully saturated rings. The number of fused-ring (bicyclic) bond motifs is 2. The van der Waals surface area contributed by atoms with Crippen molar-refractivity contribution in [3.63, 3.8) is 0 Å². The Kier molecular flexibility index (Phi) is 5.04. The average Bonchev–Trinajstić information content (AvgIpc) is 2.77. The Bertz CT molecular complexity index is 1320. The molecule has 0 saturated heterocycles. The molecule has 0 atom stereocenters. The molecule has 4 rings (SSSR count). The molecule has 8 heteroatoms. The number of amides is 1. The van der Waals surface area contributed by atoms with Gasteiger partial charge in [0, 0.05) is 18.2 Å². The van der Waals surface area contributed by atoms with Crippen LogP contribution >= 0.6 is 0 Å². The number of nitro groups is 1. The lowest BCUT2D eigenvalue weighted by Crippen LogP contribution is -2.10. The maximum absolute atomic E-state index is 12.5. The fraction of sp³-hybridized carbons (Fsp3) is 0.0455. The van der Waals surface area contributed by atoms with E-state index in [1.165, 1.54) is 31.4 Å². The Hall–Kier alpha value is -4.33. The van der Waals surface area contributed by atoms with Gasteiger partial charge in [-0.15, -0.1) is 0 Å². The zero-order valence-corrected chi connectivity index (χ0v) is 15.9. The monoisotopic (exact) mass is 400 g/mol. The van der Waals surface area contributed by atoms with Crippen LogP contribution in [-0.2, 0) is 4.79 Å². The first-order valence-electron chi connectivity index (χ1n) is 9.02. The number of anilines is 1. The summed E-state index contributed by atoms with van der Waals surface area (Å²) in [7, 11) is 1.50. The quantitative estimate of drug-likeness (QED) is 0.231. The number of nitrogens with one attached hydrogen (secondary N) is 1. The second-order valence-corrected chi connectivity index (χ2v) is 6.40. The van der Waals surface area contributed by atoms with Gasteiger partial charge in [-0.3, -0.25) is 14.9 Å². The zero-order valence-electron chi connectivity index (χ0n) is 15.9. The Morgan fingerprint density at radius 3 is 2.53 bits per heavy atom. The molecule has 0 saturated carbocycles. The minimum absolute atomic E-state index is 0.0459. The fourth-order valence-electron chi connectivity index (χ4n) is 3.04. The lowest BCUT2D eigenvalue weighted by molar-refractivity contribution is -0.384. The normalized spacial score (nSPS) is 11.1. The molecule has 1 N–H and O–H groups in total. The van der Waals surface area contributed by atoms with Gasteiger partial charge in [0.05, 0.1) is 28.6 Å². The third kappa shape index (κ3) is 3.79. The van der Waals surface area contributed by atoms with Crippen LogP contribution in [0.2, 0.25) is 0 Å². The fourth-order valence-corrected chi connectivity index (χ4v) is 3.04. The van der Waals surface area contributed by atoms with Crippen LogP contribution in [0.3, 0.4) is 0 Å². The van der Waals surface area contributed by atoms with E-state index in [0.717, 1.165) is 5.52 Å². The van der Waals surface area contributed by atoms with E-state index in [0.29, 0.717) is 33.6 Å². The van der Waals surface area contributed by atoms with Gasteiger partial charge in [0.25, 0.3) is 5.69 Å². The molecule has 0 aliphatic heterocycles. The largest absolute Gasteiger partial charge is 0.494 e. The molecule has 1 heterocycles. The molecule has 0 aliphatic carbocycles. The van der Waals surface area contributed by atoms with Gasteiger partial charge in [0.2, 0.25) is 5.91 Å². The van der Waals surface area contributed by atoms with Gasteiger partial charge in [0.15, 0.2) is 0 Å². The molecular formula is C22H16N4O4. The summed E-state index contributed by atoms with van der Waals surface area (Å²) in [5, 5.41) is 13.7. The van der Waals surface area contributed by atoms with Crippen molar-refractivity contribution in [2.45, 2.75) is 0 Å². The number of benzene rings is 3. The highest BCUT2D eigenvalue weighted by atomic mass is 16.6. The summed E-state index contributed by atoms with van der Waals surface area (Å²) < 4.78 is 5.39. The summed E-state index contributed by atoms with van der Waals surface area (Å²) in [6.45, 7) is 0. The minimum Gasteiger partial charge on any atom is -0.494 e. The number of nitro benzene ring substituents is 1. The topological polar surface area (TPSA) is 107 Å². The highest BCUT2D eigenvalue weighted by molar-refractivity contribution is 6.08. The van der Waals surface area contributed by atoms with E-state index in [1.807, 2.05) is 24.3 Å². The second kappa shape index (κ2) is 7.96. The van der Waals surface area contributed by atoms with E-state index in [4.69, 9.17) is 4.74 Å². The lowest BCUT2D eigenvalue weighted by atomic mass is 10.2. The molecule has 148 valence electrons. The number of para-hydroxylation sites is 2. The van der Waals surface area contributed by atoms with Crippen LogP contribution in [0.25, 0.3) is 28.1 Å². The highest BCUT2D eigenvalue weighted by Crippen LogP contribution is 2.32. The van der Waals surface area contributed by atoms with Crippen LogP contribution in [0.1, 0.15) is 5.56 Å². The molecule has 3 aromatic carbocycles. The summed E-state index contributed by atoms with van der Waals surface area (Å²) in [4.78, 5) is 32.2. The standard InChI is InChI=1S/C22H16N4O4/c1-30-19-11-10-18-21(24-17-8-3-2-7-16(17)23-18)22(19)25-20(27)12-9-14-5-4-6-15(13-14)26(28)29/h2-13H,1H3,(H,25,27)/b12-9+. The van der Waals surface area contributed by atoms with Crippen LogP contribution in [-0.4, -0.2) is 27.9 Å². The van der Waals surface area contributed by atoms with Crippen LogP contribution < -0.4 is 10.1 Å². The molecule has 0 radical (unpaired) electrons. The first-order chi connectivity index (χ1) is 14.5. The highest BCUT2D eigenvalue weighted by Gasteiger charge is 2.14. The molecule has 8 nitrogen and oxygen atoms in total. The predicted octanol–water partition coefficient (Wildman–Crippen LogP) is 4.35. The summed E-state index contributed by atoms with van der Waals surface area (Å²) in [6, 6.07) is 17.0. The van der Waals surface area contributed by atoms with Gasteiger partial charge in [-0.2, -0.15) is 0 Å². The molecule has 4 aromatic rings. The number of nitrogens with zero attached hydrogens (tertiary/aromatic N) is 3. The van der Waals surface area contributed by atoms with Crippen molar-refractivity contribution in [2.75, 3.05) is 12.4 Å². The van der Waals surface area contributed by atoms with E-state index < -0.39 is 10.8 Å². The van der Waals surface area contributed by atoms with Crippen LogP contribution in [0.5, 0.6) is 5.75 Å². The smallest absolute Gasteiger partial charge is 0.270 e. The van der Waals surface area contributed by atoms with Crippen molar-refractivity contribution >= 4 is 45.4 Å². The van der Waals surface area contributed by atoms with Crippen molar-refractivity contribution in [2.24, 2.45) is 0 Å². The number of hydrogen-bond acceptors (Lipinski definition) is 6. The first kappa shape index (κ1) is 19.0. The van der Waals surface area contributed by atoms with Crippen molar-refractivity contribution in [1.82, 2.24) is 9.97 Å². The molecule has 0 spiro atoms. The van der Waals surface area contributed by atoms with Crippen molar-refractivity contribution in [1.29, 1.82) is 0 Å². The number of aromatic nitrogens is 2. The van der Waals surface area contributed by atoms with E-state index in [2.05, 4.69) is 15.3 Å². The Labute approximate surface area is 171 Å². The van der Waals surface area contributed by atoms with Gasteiger partial charge in [-0.1, -0.05) is 24.3 Å². The second-order valence-electron chi connectivity index (χ2n) is 6.40. The summed E-state index contributed by atoms with van der Waals surface area (Å²) in [5.74, 6) is 0.0199. The van der Waals surface area contributed by atoms with Gasteiger partial charge in [-0.25, -0.2) is 9.97 Å². The SMILES string of the molecule is COc1ccc2nc3ccccc3nc2c1NC(=O)/C=C/c1cccc([N+](=O)[O-])c1. The Balaban J connectivity index is 1.68. The molecule has 30 heavy (non-hydrogen) atoms. The third-order valence-corrected chi connectivity index (χ3v) is 4.45. The molecule has 0 unspecified atom stereocenters. The van der Waals surface area contributed by atoms with Gasteiger partial charge < -0.3 is 10.1 Å². The maximum Gasteiger partial charge on any atom is 0.270 e. The number of ether oxygens (including phenoxy) is 1. The Morgan fingerprint density at radius 1 is 1.03 bits per heavy atom. The third-order valence-electron chi connectivity index (χ3n) is 4.45. The number of rotatable bonds is 5. The van der Waals surface area contributed by atoms with E-state index in [9.17, 15) is 14.9 Å². The van der Waals surface area contributed by atoms with Crippen molar-refractivity contribution in [3.05, 3.63) is 82.4 Å². The summed E-state index contributed by atoms with van der Waals surface area (Å²) >= 11 is 0. The number of hydrogen-bond donors (Lipinski definition) is 1. The molecule has 1 aromatic heterocycles. The zero-order chi connectivity index (χ0) is 21.1. The van der Waals surface area contributed by atoms with Gasteiger partial charge >= 0.3 is 0 Å². The molecular weight excluding hydrogens is 384 g/mol. The summed E-state index contributed by atoms with van der Waals surface area (Å²) in [5.41, 5.74) is 3.46. The maximum atomic E-state index is 12.5. The van der Waals surface area contributed by atoms with E-state index in [-0.39, 0.29) is 5.69 Å². The molecule has 1 amide bonds. The molecule has 0 aliphatic rings. The van der Waals surface area contributed by atoms with E-state index >= 15 is 0 Å². The van der Waals surface area contributed by atoms with Crippen molar-refractivity contribution < 1.29 is 14.5 Å². The van der Waals surface area contributed by atoms with Crippen LogP contribution in [0.15, 0.2) is 66.7 Å². The van der Waals surface area contributed by atoms with Gasteiger partial charge in [-0.05, 0) is 35.9 Å². The number of methoxy groups -OCH3 is 1. The number of non-ortho nitro benzene ring substituents is 1. The van der Waals surface area contributed by atoms with Gasteiger partial charge in [0.1, 0.15) is 17.0 Å². The van der Waals surface area contributed by atoms with Crippen LogP contribution in [0.4, 0.5) is 11.4 Å². The van der Waals surface area contributed by atoms with E-state index in [1.54, 1.807) is 24.3 Å². The average molecular weight is 400 g/mol.